The third-order valence-corrected chi connectivity index (χ3v) is 3.83. The molecular formula is C15H22N6. The molecule has 0 spiro atoms. The maximum absolute atomic E-state index is 5.65. The van der Waals surface area contributed by atoms with Crippen molar-refractivity contribution in [1.82, 2.24) is 15.0 Å². The largest absolute Gasteiger partial charge is 0.366 e. The van der Waals surface area contributed by atoms with Crippen molar-refractivity contribution in [2.75, 3.05) is 17.2 Å². The predicted molar refractivity (Wildman–Crippen MR) is 85.3 cm³/mol. The summed E-state index contributed by atoms with van der Waals surface area (Å²) in [5.74, 6) is 2.12. The minimum Gasteiger partial charge on any atom is -0.366 e. The molecule has 3 rings (SSSR count). The van der Waals surface area contributed by atoms with Gasteiger partial charge >= 0.3 is 0 Å². The number of nitrogens with two attached hydrogens (primary N) is 1. The smallest absolute Gasteiger partial charge is 0.223 e. The number of anilines is 2. The summed E-state index contributed by atoms with van der Waals surface area (Å²) in [7, 11) is 0. The lowest BCUT2D eigenvalue weighted by atomic mass is 9.80. The Hall–Kier alpha value is -1.95. The summed E-state index contributed by atoms with van der Waals surface area (Å²) in [6.07, 6.45) is 5.82. The van der Waals surface area contributed by atoms with E-state index in [1.165, 1.54) is 0 Å². The Labute approximate surface area is 124 Å². The van der Waals surface area contributed by atoms with E-state index < -0.39 is 0 Å². The molecule has 0 atom stereocenters. The predicted octanol–water partition coefficient (Wildman–Crippen LogP) is 1.99. The van der Waals surface area contributed by atoms with E-state index in [0.717, 1.165) is 36.1 Å². The quantitative estimate of drug-likeness (QED) is 0.779. The lowest BCUT2D eigenvalue weighted by Gasteiger charge is -2.34. The highest BCUT2D eigenvalue weighted by molar-refractivity contribution is 5.88. The molecule has 112 valence electrons. The zero-order chi connectivity index (χ0) is 14.8. The van der Waals surface area contributed by atoms with Crippen molar-refractivity contribution in [3.8, 4) is 0 Å². The van der Waals surface area contributed by atoms with Gasteiger partial charge in [0, 0.05) is 29.9 Å². The maximum atomic E-state index is 5.65. The Morgan fingerprint density at radius 2 is 2.14 bits per heavy atom. The summed E-state index contributed by atoms with van der Waals surface area (Å²) < 4.78 is 0. The van der Waals surface area contributed by atoms with Gasteiger partial charge in [-0.15, -0.1) is 0 Å². The fourth-order valence-corrected chi connectivity index (χ4v) is 2.63. The zero-order valence-electron chi connectivity index (χ0n) is 12.5. The number of pyridine rings is 1. The first-order valence-corrected chi connectivity index (χ1v) is 7.50. The normalized spacial score (nSPS) is 21.3. The van der Waals surface area contributed by atoms with Crippen LogP contribution in [0, 0.1) is 5.92 Å². The first-order valence-electron chi connectivity index (χ1n) is 7.50. The van der Waals surface area contributed by atoms with E-state index in [2.05, 4.69) is 39.4 Å². The van der Waals surface area contributed by atoms with E-state index in [-0.39, 0.29) is 0 Å². The van der Waals surface area contributed by atoms with Crippen molar-refractivity contribution in [3.63, 3.8) is 0 Å². The van der Waals surface area contributed by atoms with Gasteiger partial charge in [0.1, 0.15) is 5.52 Å². The summed E-state index contributed by atoms with van der Waals surface area (Å²) in [4.78, 5) is 13.4. The molecule has 21 heavy (non-hydrogen) atoms. The third-order valence-electron chi connectivity index (χ3n) is 3.83. The van der Waals surface area contributed by atoms with Crippen molar-refractivity contribution in [2.45, 2.75) is 38.8 Å². The molecule has 0 bridgehead atoms. The van der Waals surface area contributed by atoms with Gasteiger partial charge < -0.3 is 16.4 Å². The van der Waals surface area contributed by atoms with Crippen LogP contribution in [0.3, 0.4) is 0 Å². The Balaban J connectivity index is 1.81. The van der Waals surface area contributed by atoms with Crippen LogP contribution in [0.5, 0.6) is 0 Å². The highest BCUT2D eigenvalue weighted by Gasteiger charge is 2.28. The Morgan fingerprint density at radius 1 is 1.33 bits per heavy atom. The standard InChI is InChI=1S/C15H22N6/c1-9(2)19-14-13-11(3-4-17-14)8-18-15(21-13)20-12-5-10(6-12)7-16/h3-4,8-10,12H,5-7,16H2,1-2H3,(H,17,19)(H,18,20,21). The van der Waals surface area contributed by atoms with Crippen LogP contribution in [-0.4, -0.2) is 33.6 Å². The van der Waals surface area contributed by atoms with Gasteiger partial charge in [0.2, 0.25) is 5.95 Å². The monoisotopic (exact) mass is 286 g/mol. The Kier molecular flexibility index (Phi) is 3.88. The number of hydrogen-bond donors (Lipinski definition) is 3. The van der Waals surface area contributed by atoms with Crippen LogP contribution in [0.2, 0.25) is 0 Å². The molecule has 1 saturated carbocycles. The summed E-state index contributed by atoms with van der Waals surface area (Å²) in [5, 5.41) is 7.70. The molecular weight excluding hydrogens is 264 g/mol. The van der Waals surface area contributed by atoms with E-state index in [1.54, 1.807) is 6.20 Å². The molecule has 0 aliphatic heterocycles. The molecule has 0 radical (unpaired) electrons. The lowest BCUT2D eigenvalue weighted by Crippen LogP contribution is -2.39. The third kappa shape index (κ3) is 3.05. The van der Waals surface area contributed by atoms with Crippen LogP contribution < -0.4 is 16.4 Å². The van der Waals surface area contributed by atoms with Crippen LogP contribution in [0.4, 0.5) is 11.8 Å². The maximum Gasteiger partial charge on any atom is 0.223 e. The molecule has 0 saturated heterocycles. The molecule has 1 aliphatic carbocycles. The van der Waals surface area contributed by atoms with E-state index in [4.69, 9.17) is 5.73 Å². The Morgan fingerprint density at radius 3 is 2.86 bits per heavy atom. The number of rotatable bonds is 5. The van der Waals surface area contributed by atoms with Gasteiger partial charge in [-0.1, -0.05) is 0 Å². The van der Waals surface area contributed by atoms with E-state index in [1.807, 2.05) is 12.3 Å². The molecule has 1 aliphatic rings. The Bertz CT molecular complexity index is 621. The van der Waals surface area contributed by atoms with Crippen molar-refractivity contribution in [3.05, 3.63) is 18.5 Å². The molecule has 4 N–H and O–H groups in total. The van der Waals surface area contributed by atoms with Gasteiger partial charge in [-0.25, -0.2) is 15.0 Å². The van der Waals surface area contributed by atoms with Crippen LogP contribution in [-0.2, 0) is 0 Å². The van der Waals surface area contributed by atoms with E-state index in [9.17, 15) is 0 Å². The minimum atomic E-state index is 0.311. The first-order chi connectivity index (χ1) is 10.2. The van der Waals surface area contributed by atoms with Gasteiger partial charge in [-0.05, 0) is 45.2 Å². The topological polar surface area (TPSA) is 88.8 Å². The number of fused-ring (bicyclic) bond motifs is 1. The van der Waals surface area contributed by atoms with Gasteiger partial charge in [-0.3, -0.25) is 0 Å². The average molecular weight is 286 g/mol. The highest BCUT2D eigenvalue weighted by atomic mass is 15.1. The molecule has 6 heteroatoms. The number of nitrogens with one attached hydrogen (secondary N) is 2. The highest BCUT2D eigenvalue weighted by Crippen LogP contribution is 2.29. The van der Waals surface area contributed by atoms with Crippen molar-refractivity contribution >= 4 is 22.7 Å². The second kappa shape index (κ2) is 5.81. The first kappa shape index (κ1) is 14.0. The van der Waals surface area contributed by atoms with Crippen molar-refractivity contribution in [1.29, 1.82) is 0 Å². The molecule has 0 aromatic carbocycles. The van der Waals surface area contributed by atoms with Crippen molar-refractivity contribution < 1.29 is 0 Å². The van der Waals surface area contributed by atoms with Crippen LogP contribution in [0.25, 0.3) is 10.9 Å². The zero-order valence-corrected chi connectivity index (χ0v) is 12.5. The van der Waals surface area contributed by atoms with Crippen molar-refractivity contribution in [2.24, 2.45) is 11.7 Å². The van der Waals surface area contributed by atoms with Crippen LogP contribution >= 0.6 is 0 Å². The molecule has 2 heterocycles. The molecule has 2 aromatic heterocycles. The fraction of sp³-hybridized carbons (Fsp3) is 0.533. The minimum absolute atomic E-state index is 0.311. The van der Waals surface area contributed by atoms with Crippen LogP contribution in [0.15, 0.2) is 18.5 Å². The summed E-state index contributed by atoms with van der Waals surface area (Å²) in [5.41, 5.74) is 6.51. The molecule has 2 aromatic rings. The van der Waals surface area contributed by atoms with Crippen LogP contribution in [0.1, 0.15) is 26.7 Å². The van der Waals surface area contributed by atoms with E-state index >= 15 is 0 Å². The van der Waals surface area contributed by atoms with Gasteiger partial charge in [-0.2, -0.15) is 0 Å². The lowest BCUT2D eigenvalue weighted by molar-refractivity contribution is 0.290. The molecule has 0 unspecified atom stereocenters. The summed E-state index contributed by atoms with van der Waals surface area (Å²) in [6.45, 7) is 4.94. The molecule has 6 nitrogen and oxygen atoms in total. The molecule has 1 fully saturated rings. The summed E-state index contributed by atoms with van der Waals surface area (Å²) in [6, 6.07) is 2.68. The second-order valence-corrected chi connectivity index (χ2v) is 6.00. The average Bonchev–Trinajstić information content (AvgIpc) is 2.42. The molecule has 0 amide bonds. The van der Waals surface area contributed by atoms with Gasteiger partial charge in [0.05, 0.1) is 0 Å². The van der Waals surface area contributed by atoms with Gasteiger partial charge in [0.25, 0.3) is 0 Å². The number of hydrogen-bond acceptors (Lipinski definition) is 6. The summed E-state index contributed by atoms with van der Waals surface area (Å²) >= 11 is 0. The number of aromatic nitrogens is 3. The van der Waals surface area contributed by atoms with E-state index in [0.29, 0.717) is 23.9 Å². The van der Waals surface area contributed by atoms with Gasteiger partial charge in [0.15, 0.2) is 5.82 Å². The SMILES string of the molecule is CC(C)Nc1nccc2cnc(NC3CC(CN)C3)nc12. The number of nitrogens with zero attached hydrogens (tertiary/aromatic N) is 3. The second-order valence-electron chi connectivity index (χ2n) is 6.00. The fourth-order valence-electron chi connectivity index (χ4n) is 2.63.